The molecule has 0 rings (SSSR count). The molecule has 11 heteroatoms. The zero-order chi connectivity index (χ0) is 20.0. The third-order valence-electron chi connectivity index (χ3n) is 2.61. The van der Waals surface area contributed by atoms with Crippen molar-refractivity contribution < 1.29 is 42.2 Å². The summed E-state index contributed by atoms with van der Waals surface area (Å²) in [7, 11) is -3.71. The Morgan fingerprint density at radius 1 is 1.00 bits per heavy atom. The largest absolute Gasteiger partial charge is 0.460 e. The maximum absolute atomic E-state index is 12.3. The molecule has 0 saturated heterocycles. The molecular formula is C15H27O9PS. The van der Waals surface area contributed by atoms with Crippen LogP contribution in [0.15, 0.2) is 0 Å². The van der Waals surface area contributed by atoms with Gasteiger partial charge in [-0.25, -0.2) is 9.59 Å². The van der Waals surface area contributed by atoms with Gasteiger partial charge in [0.25, 0.3) is 0 Å². The summed E-state index contributed by atoms with van der Waals surface area (Å²) < 4.78 is 36.9. The molecule has 0 spiro atoms. The van der Waals surface area contributed by atoms with Gasteiger partial charge < -0.3 is 23.3 Å². The maximum atomic E-state index is 12.3. The molecular weight excluding hydrogens is 387 g/mol. The molecule has 0 amide bonds. The molecule has 0 aliphatic carbocycles. The zero-order valence-electron chi connectivity index (χ0n) is 15.6. The molecule has 1 unspecified atom stereocenters. The van der Waals surface area contributed by atoms with E-state index in [-0.39, 0.29) is 19.8 Å². The Balaban J connectivity index is 4.95. The molecule has 0 heterocycles. The van der Waals surface area contributed by atoms with Gasteiger partial charge in [0.2, 0.25) is 0 Å². The van der Waals surface area contributed by atoms with Crippen LogP contribution in [-0.4, -0.2) is 55.3 Å². The second-order valence-corrected chi connectivity index (χ2v) is 8.00. The van der Waals surface area contributed by atoms with Crippen LogP contribution in [-0.2, 0) is 37.4 Å². The molecule has 9 nitrogen and oxygen atoms in total. The summed E-state index contributed by atoms with van der Waals surface area (Å²) >= 11 is 0.797. The first-order valence-electron chi connectivity index (χ1n) is 8.39. The smallest absolute Gasteiger partial charge is 0.389 e. The van der Waals surface area contributed by atoms with Gasteiger partial charge in [0, 0.05) is 5.75 Å². The fraction of sp³-hybridized carbons (Fsp3) is 0.800. The van der Waals surface area contributed by atoms with Crippen LogP contribution in [0.5, 0.6) is 0 Å². The van der Waals surface area contributed by atoms with Crippen LogP contribution in [0.1, 0.15) is 40.5 Å². The van der Waals surface area contributed by atoms with Gasteiger partial charge in [-0.2, -0.15) is 0 Å². The number of rotatable bonds is 13. The SMILES string of the molecule is CCCCOC(=O)C(OC(=O)CP(=O)(OCC)OCC)OC(=O)SCC. The highest BCUT2D eigenvalue weighted by atomic mass is 32.2. The Morgan fingerprint density at radius 2 is 1.62 bits per heavy atom. The second kappa shape index (κ2) is 14.0. The quantitative estimate of drug-likeness (QED) is 0.192. The number of hydrogen-bond donors (Lipinski definition) is 0. The number of unbranched alkanes of at least 4 members (excludes halogenated alkanes) is 1. The van der Waals surface area contributed by atoms with Crippen molar-refractivity contribution in [3.63, 3.8) is 0 Å². The lowest BCUT2D eigenvalue weighted by molar-refractivity contribution is -0.188. The molecule has 152 valence electrons. The number of hydrogen-bond acceptors (Lipinski definition) is 10. The van der Waals surface area contributed by atoms with E-state index < -0.39 is 37.3 Å². The van der Waals surface area contributed by atoms with E-state index >= 15 is 0 Å². The lowest BCUT2D eigenvalue weighted by atomic mass is 10.4. The Bertz CT molecular complexity index is 488. The predicted molar refractivity (Wildman–Crippen MR) is 96.1 cm³/mol. The Labute approximate surface area is 157 Å². The van der Waals surface area contributed by atoms with Crippen molar-refractivity contribution in [1.82, 2.24) is 0 Å². The van der Waals surface area contributed by atoms with Gasteiger partial charge in [-0.15, -0.1) is 0 Å². The minimum absolute atomic E-state index is 0.0647. The average molecular weight is 414 g/mol. The van der Waals surface area contributed by atoms with E-state index in [0.717, 1.165) is 18.2 Å². The van der Waals surface area contributed by atoms with Crippen molar-refractivity contribution in [2.45, 2.75) is 46.8 Å². The maximum Gasteiger partial charge on any atom is 0.389 e. The third-order valence-corrected chi connectivity index (χ3v) is 5.18. The van der Waals surface area contributed by atoms with Gasteiger partial charge in [-0.3, -0.25) is 9.36 Å². The van der Waals surface area contributed by atoms with E-state index in [9.17, 15) is 18.9 Å². The predicted octanol–water partition coefficient (Wildman–Crippen LogP) is 3.35. The highest BCUT2D eigenvalue weighted by Crippen LogP contribution is 2.47. The van der Waals surface area contributed by atoms with Crippen LogP contribution < -0.4 is 0 Å². The highest BCUT2D eigenvalue weighted by molar-refractivity contribution is 8.13. The van der Waals surface area contributed by atoms with Gasteiger partial charge in [-0.1, -0.05) is 20.3 Å². The van der Waals surface area contributed by atoms with Crippen molar-refractivity contribution in [1.29, 1.82) is 0 Å². The highest BCUT2D eigenvalue weighted by Gasteiger charge is 2.34. The second-order valence-electron chi connectivity index (χ2n) is 4.75. The molecule has 0 saturated carbocycles. The standard InChI is InChI=1S/C15H27O9PS/c1-5-9-10-20-13(17)14(24-15(18)26-8-4)23-12(16)11-25(19,21-6-2)22-7-3/h14H,5-11H2,1-4H3. The van der Waals surface area contributed by atoms with E-state index in [4.69, 9.17) is 23.3 Å². The van der Waals surface area contributed by atoms with Crippen molar-refractivity contribution in [3.05, 3.63) is 0 Å². The van der Waals surface area contributed by atoms with E-state index in [2.05, 4.69) is 0 Å². The van der Waals surface area contributed by atoms with E-state index in [0.29, 0.717) is 12.2 Å². The molecule has 0 bridgehead atoms. The number of ether oxygens (including phenoxy) is 3. The minimum atomic E-state index is -3.71. The first kappa shape index (κ1) is 24.9. The number of esters is 2. The fourth-order valence-electron chi connectivity index (χ4n) is 1.58. The van der Waals surface area contributed by atoms with Crippen molar-refractivity contribution in [2.24, 2.45) is 0 Å². The number of carbonyl (C=O) groups excluding carboxylic acids is 3. The van der Waals surface area contributed by atoms with Crippen LogP contribution in [0.4, 0.5) is 4.79 Å². The lowest BCUT2D eigenvalue weighted by Gasteiger charge is -2.19. The molecule has 0 fully saturated rings. The van der Waals surface area contributed by atoms with E-state index in [1.807, 2.05) is 6.92 Å². The van der Waals surface area contributed by atoms with Gasteiger partial charge in [0.15, 0.2) is 0 Å². The zero-order valence-corrected chi connectivity index (χ0v) is 17.3. The summed E-state index contributed by atoms with van der Waals surface area (Å²) in [6.45, 7) is 7.03. The first-order chi connectivity index (χ1) is 12.3. The fourth-order valence-corrected chi connectivity index (χ4v) is 3.41. The van der Waals surface area contributed by atoms with Crippen molar-refractivity contribution in [3.8, 4) is 0 Å². The lowest BCUT2D eigenvalue weighted by Crippen LogP contribution is -2.34. The molecule has 0 aromatic heterocycles. The van der Waals surface area contributed by atoms with E-state index in [1.165, 1.54) is 0 Å². The monoisotopic (exact) mass is 414 g/mol. The summed E-state index contributed by atoms with van der Waals surface area (Å²) in [5.41, 5.74) is 0. The molecule has 0 N–H and O–H groups in total. The summed E-state index contributed by atoms with van der Waals surface area (Å²) in [4.78, 5) is 35.6. The molecule has 0 aromatic rings. The van der Waals surface area contributed by atoms with Gasteiger partial charge in [0.05, 0.1) is 19.8 Å². The van der Waals surface area contributed by atoms with Crippen LogP contribution in [0, 0.1) is 0 Å². The van der Waals surface area contributed by atoms with Gasteiger partial charge in [0.1, 0.15) is 6.16 Å². The Morgan fingerprint density at radius 3 is 2.12 bits per heavy atom. The topological polar surface area (TPSA) is 114 Å². The average Bonchev–Trinajstić information content (AvgIpc) is 2.54. The van der Waals surface area contributed by atoms with Crippen LogP contribution in [0.2, 0.25) is 0 Å². The first-order valence-corrected chi connectivity index (χ1v) is 11.1. The minimum Gasteiger partial charge on any atom is -0.460 e. The summed E-state index contributed by atoms with van der Waals surface area (Å²) in [6.07, 6.45) is -1.20. The van der Waals surface area contributed by atoms with Crippen molar-refractivity contribution >= 4 is 36.6 Å². The molecule has 1 atom stereocenters. The third kappa shape index (κ3) is 10.8. The van der Waals surface area contributed by atoms with Crippen LogP contribution in [0.3, 0.4) is 0 Å². The molecule has 0 aromatic carbocycles. The van der Waals surface area contributed by atoms with Crippen molar-refractivity contribution in [2.75, 3.05) is 31.7 Å². The number of thioether (sulfide) groups is 1. The normalized spacial score (nSPS) is 12.3. The number of carbonyl (C=O) groups is 3. The Kier molecular flexibility index (Phi) is 13.4. The summed E-state index contributed by atoms with van der Waals surface area (Å²) in [5.74, 6) is -1.67. The summed E-state index contributed by atoms with van der Waals surface area (Å²) in [5, 5.41) is -0.796. The van der Waals surface area contributed by atoms with E-state index in [1.54, 1.807) is 20.8 Å². The van der Waals surface area contributed by atoms with Gasteiger partial charge >= 0.3 is 31.1 Å². The van der Waals surface area contributed by atoms with Crippen LogP contribution >= 0.6 is 19.4 Å². The van der Waals surface area contributed by atoms with Gasteiger partial charge in [-0.05, 0) is 32.0 Å². The molecule has 0 aliphatic rings. The molecule has 0 aliphatic heterocycles. The Hall–Kier alpha value is -1.09. The molecule has 26 heavy (non-hydrogen) atoms. The molecule has 0 radical (unpaired) electrons. The summed E-state index contributed by atoms with van der Waals surface area (Å²) in [6, 6.07) is 0. The van der Waals surface area contributed by atoms with Crippen LogP contribution in [0.25, 0.3) is 0 Å².